The van der Waals surface area contributed by atoms with Crippen LogP contribution in [0, 0.1) is 0 Å². The lowest BCUT2D eigenvalue weighted by Crippen LogP contribution is -2.59. The molecule has 1 fully saturated rings. The van der Waals surface area contributed by atoms with E-state index in [-0.39, 0.29) is 12.3 Å². The Morgan fingerprint density at radius 3 is 2.53 bits per heavy atom. The normalized spacial score (nSPS) is 18.6. The van der Waals surface area contributed by atoms with Gasteiger partial charge in [-0.15, -0.1) is 0 Å². The number of carbonyl (C=O) groups excluding carboxylic acids is 3. The molecular weight excluding hydrogens is 468 g/mol. The van der Waals surface area contributed by atoms with Gasteiger partial charge in [-0.3, -0.25) is 14.4 Å². The summed E-state index contributed by atoms with van der Waals surface area (Å²) >= 11 is 0. The van der Waals surface area contributed by atoms with Gasteiger partial charge in [0.05, 0.1) is 18.5 Å². The Morgan fingerprint density at radius 1 is 1.19 bits per heavy atom. The number of likely N-dealkylation sites (tertiary alicyclic amines) is 1. The van der Waals surface area contributed by atoms with Crippen LogP contribution >= 0.6 is 0 Å². The van der Waals surface area contributed by atoms with Crippen LogP contribution in [0.3, 0.4) is 0 Å². The van der Waals surface area contributed by atoms with Crippen molar-refractivity contribution in [3.8, 4) is 0 Å². The summed E-state index contributed by atoms with van der Waals surface area (Å²) in [5.74, 6) is -3.13. The molecule has 0 saturated carbocycles. The fraction of sp³-hybridized carbons (Fsp3) is 0.458. The molecule has 0 aliphatic carbocycles. The minimum Gasteiger partial charge on any atom is -0.480 e. The van der Waals surface area contributed by atoms with E-state index in [0.29, 0.717) is 31.5 Å². The second-order valence-electron chi connectivity index (χ2n) is 8.89. The molecular formula is C24H32N6O6. The second kappa shape index (κ2) is 12.3. The topological polar surface area (TPSA) is 191 Å². The maximum Gasteiger partial charge on any atom is 0.326 e. The number of nitrogens with two attached hydrogens (primary N) is 1. The van der Waals surface area contributed by atoms with Gasteiger partial charge < -0.3 is 36.5 Å². The van der Waals surface area contributed by atoms with Crippen LogP contribution in [-0.2, 0) is 32.0 Å². The molecule has 5 atom stereocenters. The first-order chi connectivity index (χ1) is 17.2. The van der Waals surface area contributed by atoms with Gasteiger partial charge in [-0.1, -0.05) is 30.3 Å². The fourth-order valence-electron chi connectivity index (χ4n) is 4.20. The number of imidazole rings is 1. The summed E-state index contributed by atoms with van der Waals surface area (Å²) in [5, 5.41) is 24.5. The molecule has 1 aromatic carbocycles. The van der Waals surface area contributed by atoms with Crippen molar-refractivity contribution in [3.05, 3.63) is 54.1 Å². The SMILES string of the molecule is CC(O)C(NC(=O)C1CCCN1C(=O)C(N)Cc1ccccc1)C(=O)NC(Cc1cnc[nH]1)C(=O)O. The zero-order valence-corrected chi connectivity index (χ0v) is 20.0. The average Bonchev–Trinajstić information content (AvgIpc) is 3.54. The van der Waals surface area contributed by atoms with E-state index < -0.39 is 48.1 Å². The van der Waals surface area contributed by atoms with Gasteiger partial charge in [-0.2, -0.15) is 0 Å². The number of carbonyl (C=O) groups is 4. The van der Waals surface area contributed by atoms with Crippen molar-refractivity contribution >= 4 is 23.7 Å². The number of nitrogens with zero attached hydrogens (tertiary/aromatic N) is 2. The summed E-state index contributed by atoms with van der Waals surface area (Å²) in [6.07, 6.45) is 2.71. The second-order valence-corrected chi connectivity index (χ2v) is 8.89. The van der Waals surface area contributed by atoms with E-state index in [1.54, 1.807) is 0 Å². The predicted octanol–water partition coefficient (Wildman–Crippen LogP) is -1.05. The zero-order valence-electron chi connectivity index (χ0n) is 20.0. The molecule has 0 bridgehead atoms. The van der Waals surface area contributed by atoms with E-state index in [0.717, 1.165) is 5.56 Å². The lowest BCUT2D eigenvalue weighted by molar-refractivity contribution is -0.144. The quantitative estimate of drug-likeness (QED) is 0.225. The van der Waals surface area contributed by atoms with Crippen molar-refractivity contribution in [2.75, 3.05) is 6.54 Å². The molecule has 7 N–H and O–H groups in total. The number of aliphatic carboxylic acids is 1. The number of carboxylic acids is 1. The Bertz CT molecular complexity index is 1040. The smallest absolute Gasteiger partial charge is 0.326 e. The summed E-state index contributed by atoms with van der Waals surface area (Å²) in [7, 11) is 0. The molecule has 2 heterocycles. The largest absolute Gasteiger partial charge is 0.480 e. The molecule has 12 nitrogen and oxygen atoms in total. The number of hydrogen-bond acceptors (Lipinski definition) is 7. The first-order valence-electron chi connectivity index (χ1n) is 11.8. The minimum atomic E-state index is -1.42. The number of benzene rings is 1. The highest BCUT2D eigenvalue weighted by molar-refractivity contribution is 5.94. The van der Waals surface area contributed by atoms with Crippen molar-refractivity contribution in [3.63, 3.8) is 0 Å². The van der Waals surface area contributed by atoms with Crippen LogP contribution in [0.25, 0.3) is 0 Å². The van der Waals surface area contributed by atoms with Crippen molar-refractivity contribution < 1.29 is 29.4 Å². The lowest BCUT2D eigenvalue weighted by Gasteiger charge is -2.29. The standard InChI is InChI=1S/C24H32N6O6/c1-14(31)20(22(33)28-18(24(35)36)11-16-12-26-13-27-16)29-21(32)19-8-5-9-30(19)23(34)17(25)10-15-6-3-2-4-7-15/h2-4,6-7,12-14,17-20,31H,5,8-11,25H2,1H3,(H,26,27)(H,28,33)(H,29,32)(H,35,36). The number of rotatable bonds is 11. The molecule has 3 rings (SSSR count). The van der Waals surface area contributed by atoms with Gasteiger partial charge in [-0.25, -0.2) is 9.78 Å². The number of nitrogens with one attached hydrogen (secondary N) is 3. The van der Waals surface area contributed by atoms with Crippen molar-refractivity contribution in [2.45, 2.75) is 62.9 Å². The molecule has 0 radical (unpaired) electrons. The highest BCUT2D eigenvalue weighted by Gasteiger charge is 2.38. The molecule has 1 aliphatic rings. The van der Waals surface area contributed by atoms with Crippen LogP contribution < -0.4 is 16.4 Å². The summed E-state index contributed by atoms with van der Waals surface area (Å²) in [4.78, 5) is 58.5. The average molecular weight is 501 g/mol. The highest BCUT2D eigenvalue weighted by atomic mass is 16.4. The third-order valence-electron chi connectivity index (χ3n) is 6.11. The summed E-state index contributed by atoms with van der Waals surface area (Å²) in [6, 6.07) is 4.88. The van der Waals surface area contributed by atoms with E-state index in [4.69, 9.17) is 5.73 Å². The van der Waals surface area contributed by atoms with Gasteiger partial charge in [0.2, 0.25) is 17.7 Å². The number of aromatic nitrogens is 2. The van der Waals surface area contributed by atoms with Crippen LogP contribution in [0.5, 0.6) is 0 Å². The molecule has 194 valence electrons. The van der Waals surface area contributed by atoms with E-state index >= 15 is 0 Å². The molecule has 3 amide bonds. The van der Waals surface area contributed by atoms with Gasteiger partial charge in [0, 0.05) is 24.9 Å². The monoisotopic (exact) mass is 500 g/mol. The number of carboxylic acid groups (broad SMARTS) is 1. The van der Waals surface area contributed by atoms with Crippen molar-refractivity contribution in [2.24, 2.45) is 5.73 Å². The maximum atomic E-state index is 13.1. The van der Waals surface area contributed by atoms with Gasteiger partial charge in [0.25, 0.3) is 0 Å². The van der Waals surface area contributed by atoms with Gasteiger partial charge in [0.1, 0.15) is 18.1 Å². The highest BCUT2D eigenvalue weighted by Crippen LogP contribution is 2.19. The van der Waals surface area contributed by atoms with Crippen molar-refractivity contribution in [1.82, 2.24) is 25.5 Å². The van der Waals surface area contributed by atoms with Crippen molar-refractivity contribution in [1.29, 1.82) is 0 Å². The number of hydrogen-bond donors (Lipinski definition) is 6. The van der Waals surface area contributed by atoms with Gasteiger partial charge >= 0.3 is 5.97 Å². The lowest BCUT2D eigenvalue weighted by atomic mass is 10.0. The molecule has 1 saturated heterocycles. The first kappa shape index (κ1) is 26.8. The van der Waals surface area contributed by atoms with Gasteiger partial charge in [-0.05, 0) is 31.7 Å². The molecule has 2 aromatic rings. The summed E-state index contributed by atoms with van der Waals surface area (Å²) in [6.45, 7) is 1.65. The van der Waals surface area contributed by atoms with E-state index in [1.165, 1.54) is 24.3 Å². The maximum absolute atomic E-state index is 13.1. The van der Waals surface area contributed by atoms with E-state index in [2.05, 4.69) is 20.6 Å². The zero-order chi connectivity index (χ0) is 26.2. The number of aliphatic hydroxyl groups excluding tert-OH is 1. The minimum absolute atomic E-state index is 0.0637. The Labute approximate surface area is 208 Å². The van der Waals surface area contributed by atoms with E-state index in [1.807, 2.05) is 30.3 Å². The molecule has 12 heteroatoms. The van der Waals surface area contributed by atoms with E-state index in [9.17, 15) is 29.4 Å². The fourth-order valence-corrected chi connectivity index (χ4v) is 4.20. The predicted molar refractivity (Wildman–Crippen MR) is 128 cm³/mol. The summed E-state index contributed by atoms with van der Waals surface area (Å²) < 4.78 is 0. The molecule has 0 spiro atoms. The Hall–Kier alpha value is -3.77. The Kier molecular flexibility index (Phi) is 9.14. The van der Waals surface area contributed by atoms with Crippen LogP contribution in [0.15, 0.2) is 42.9 Å². The van der Waals surface area contributed by atoms with Crippen LogP contribution in [0.1, 0.15) is 31.0 Å². The molecule has 5 unspecified atom stereocenters. The Balaban J connectivity index is 1.64. The number of H-pyrrole nitrogens is 1. The number of amides is 3. The number of aliphatic hydroxyl groups is 1. The third kappa shape index (κ3) is 6.89. The third-order valence-corrected chi connectivity index (χ3v) is 6.11. The molecule has 1 aromatic heterocycles. The van der Waals surface area contributed by atoms with Crippen LogP contribution in [0.2, 0.25) is 0 Å². The van der Waals surface area contributed by atoms with Crippen LogP contribution in [-0.4, -0.2) is 85.6 Å². The Morgan fingerprint density at radius 2 is 1.92 bits per heavy atom. The number of aromatic amines is 1. The van der Waals surface area contributed by atoms with Crippen LogP contribution in [0.4, 0.5) is 0 Å². The van der Waals surface area contributed by atoms with Gasteiger partial charge in [0.15, 0.2) is 0 Å². The first-order valence-corrected chi connectivity index (χ1v) is 11.8. The summed E-state index contributed by atoms with van der Waals surface area (Å²) in [5.41, 5.74) is 7.53. The molecule has 36 heavy (non-hydrogen) atoms. The molecule has 1 aliphatic heterocycles.